The number of carbonyl (C=O) groups excluding carboxylic acids is 1. The van der Waals surface area contributed by atoms with Crippen molar-refractivity contribution < 1.29 is 9.53 Å². The lowest BCUT2D eigenvalue weighted by Gasteiger charge is -2.26. The molecule has 1 aromatic carbocycles. The first-order valence-electron chi connectivity index (χ1n) is 9.21. The third kappa shape index (κ3) is 4.14. The molecule has 1 saturated carbocycles. The molecule has 23 heavy (non-hydrogen) atoms. The van der Waals surface area contributed by atoms with E-state index in [9.17, 15) is 4.79 Å². The van der Waals surface area contributed by atoms with Crippen LogP contribution in [0.1, 0.15) is 56.9 Å². The molecule has 0 bridgehead atoms. The number of rotatable bonds is 6. The van der Waals surface area contributed by atoms with Gasteiger partial charge in [-0.05, 0) is 57.2 Å². The predicted octanol–water partition coefficient (Wildman–Crippen LogP) is 3.99. The van der Waals surface area contributed by atoms with Crippen LogP contribution in [0.3, 0.4) is 0 Å². The van der Waals surface area contributed by atoms with E-state index in [4.69, 9.17) is 4.74 Å². The Morgan fingerprint density at radius 3 is 2.43 bits per heavy atom. The van der Waals surface area contributed by atoms with Crippen LogP contribution in [0.15, 0.2) is 30.3 Å². The Morgan fingerprint density at radius 1 is 1.13 bits per heavy atom. The summed E-state index contributed by atoms with van der Waals surface area (Å²) < 4.78 is 5.76. The van der Waals surface area contributed by atoms with Crippen molar-refractivity contribution in [2.24, 2.45) is 5.92 Å². The largest absolute Gasteiger partial charge is 0.464 e. The predicted molar refractivity (Wildman–Crippen MR) is 92.4 cm³/mol. The Morgan fingerprint density at radius 2 is 1.78 bits per heavy atom. The molecule has 1 aromatic rings. The van der Waals surface area contributed by atoms with Crippen LogP contribution < -0.4 is 0 Å². The summed E-state index contributed by atoms with van der Waals surface area (Å²) in [6.45, 7) is 4.98. The number of hydrogen-bond donors (Lipinski definition) is 0. The topological polar surface area (TPSA) is 29.5 Å². The van der Waals surface area contributed by atoms with E-state index in [1.165, 1.54) is 25.7 Å². The fraction of sp³-hybridized carbons (Fsp3) is 0.650. The minimum atomic E-state index is -0.0792. The van der Waals surface area contributed by atoms with Gasteiger partial charge in [0, 0.05) is 6.04 Å². The van der Waals surface area contributed by atoms with E-state index >= 15 is 0 Å². The zero-order valence-electron chi connectivity index (χ0n) is 14.2. The zero-order valence-corrected chi connectivity index (χ0v) is 14.2. The van der Waals surface area contributed by atoms with Crippen molar-refractivity contribution in [1.29, 1.82) is 0 Å². The third-order valence-electron chi connectivity index (χ3n) is 5.51. The van der Waals surface area contributed by atoms with Gasteiger partial charge in [0.25, 0.3) is 0 Å². The van der Waals surface area contributed by atoms with Crippen molar-refractivity contribution in [2.75, 3.05) is 19.7 Å². The molecule has 3 nitrogen and oxygen atoms in total. The molecule has 3 rings (SSSR count). The van der Waals surface area contributed by atoms with Crippen LogP contribution in [0, 0.1) is 5.92 Å². The van der Waals surface area contributed by atoms with Crippen LogP contribution in [0.5, 0.6) is 0 Å². The summed E-state index contributed by atoms with van der Waals surface area (Å²) in [6, 6.07) is 10.6. The lowest BCUT2D eigenvalue weighted by Crippen LogP contribution is -2.35. The SMILES string of the molecule is CC(COC(=O)C(c1ccccc1)C1CCCC1)N1CCCC1. The molecule has 0 N–H and O–H groups in total. The molecule has 2 unspecified atom stereocenters. The zero-order chi connectivity index (χ0) is 16.1. The molecule has 1 heterocycles. The first-order chi connectivity index (χ1) is 11.3. The summed E-state index contributed by atoms with van der Waals surface area (Å²) in [4.78, 5) is 15.2. The molecular formula is C20H29NO2. The van der Waals surface area contributed by atoms with Crippen molar-refractivity contribution in [3.05, 3.63) is 35.9 Å². The second kappa shape index (κ2) is 7.96. The molecule has 1 aliphatic carbocycles. The maximum atomic E-state index is 12.8. The first kappa shape index (κ1) is 16.5. The highest BCUT2D eigenvalue weighted by atomic mass is 16.5. The standard InChI is InChI=1S/C20H29NO2/c1-16(21-13-7-8-14-21)15-23-20(22)19(18-11-5-6-12-18)17-9-3-2-4-10-17/h2-4,9-10,16,18-19H,5-8,11-15H2,1H3. The summed E-state index contributed by atoms with van der Waals surface area (Å²) in [5, 5.41) is 0. The van der Waals surface area contributed by atoms with Crippen molar-refractivity contribution in [3.63, 3.8) is 0 Å². The molecule has 0 amide bonds. The van der Waals surface area contributed by atoms with Gasteiger partial charge >= 0.3 is 5.97 Å². The van der Waals surface area contributed by atoms with Crippen molar-refractivity contribution >= 4 is 5.97 Å². The van der Waals surface area contributed by atoms with Gasteiger partial charge in [0.1, 0.15) is 6.61 Å². The van der Waals surface area contributed by atoms with Crippen LogP contribution in [-0.4, -0.2) is 36.6 Å². The van der Waals surface area contributed by atoms with Gasteiger partial charge in [0.15, 0.2) is 0 Å². The monoisotopic (exact) mass is 315 g/mol. The van der Waals surface area contributed by atoms with Crippen LogP contribution in [-0.2, 0) is 9.53 Å². The van der Waals surface area contributed by atoms with Crippen molar-refractivity contribution in [3.8, 4) is 0 Å². The number of esters is 1. The van der Waals surface area contributed by atoms with Crippen LogP contribution >= 0.6 is 0 Å². The van der Waals surface area contributed by atoms with Gasteiger partial charge in [-0.1, -0.05) is 43.2 Å². The highest BCUT2D eigenvalue weighted by molar-refractivity contribution is 5.78. The highest BCUT2D eigenvalue weighted by Crippen LogP contribution is 2.38. The van der Waals surface area contributed by atoms with Crippen molar-refractivity contribution in [1.82, 2.24) is 4.90 Å². The molecule has 0 radical (unpaired) electrons. The summed E-state index contributed by atoms with van der Waals surface area (Å²) in [5.41, 5.74) is 1.12. The molecule has 0 aromatic heterocycles. The van der Waals surface area contributed by atoms with Crippen LogP contribution in [0.25, 0.3) is 0 Å². The normalized spacial score (nSPS) is 22.1. The van der Waals surface area contributed by atoms with E-state index in [1.54, 1.807) is 0 Å². The van der Waals surface area contributed by atoms with Gasteiger partial charge < -0.3 is 4.74 Å². The first-order valence-corrected chi connectivity index (χ1v) is 9.21. The van der Waals surface area contributed by atoms with E-state index < -0.39 is 0 Å². The van der Waals surface area contributed by atoms with Crippen LogP contribution in [0.2, 0.25) is 0 Å². The Kier molecular flexibility index (Phi) is 5.71. The summed E-state index contributed by atoms with van der Waals surface area (Å²) in [6.07, 6.45) is 7.32. The molecule has 0 spiro atoms. The number of likely N-dealkylation sites (tertiary alicyclic amines) is 1. The van der Waals surface area contributed by atoms with E-state index in [0.717, 1.165) is 31.5 Å². The number of benzene rings is 1. The fourth-order valence-corrected chi connectivity index (χ4v) is 4.13. The van der Waals surface area contributed by atoms with Gasteiger partial charge in [-0.15, -0.1) is 0 Å². The number of carbonyl (C=O) groups is 1. The van der Waals surface area contributed by atoms with E-state index in [1.807, 2.05) is 18.2 Å². The van der Waals surface area contributed by atoms with Gasteiger partial charge in [-0.2, -0.15) is 0 Å². The minimum absolute atomic E-state index is 0.0193. The highest BCUT2D eigenvalue weighted by Gasteiger charge is 2.33. The Bertz CT molecular complexity index is 490. The molecule has 2 atom stereocenters. The molecule has 3 heteroatoms. The summed E-state index contributed by atoms with van der Waals surface area (Å²) >= 11 is 0. The van der Waals surface area contributed by atoms with Gasteiger partial charge in [-0.3, -0.25) is 9.69 Å². The second-order valence-electron chi connectivity index (χ2n) is 7.16. The molecule has 2 aliphatic rings. The van der Waals surface area contributed by atoms with Gasteiger partial charge in [-0.25, -0.2) is 0 Å². The third-order valence-corrected chi connectivity index (χ3v) is 5.51. The Balaban J connectivity index is 1.63. The van der Waals surface area contributed by atoms with Gasteiger partial charge in [0.2, 0.25) is 0 Å². The van der Waals surface area contributed by atoms with E-state index in [2.05, 4.69) is 24.0 Å². The number of nitrogens with zero attached hydrogens (tertiary/aromatic N) is 1. The number of hydrogen-bond acceptors (Lipinski definition) is 3. The Hall–Kier alpha value is -1.35. The van der Waals surface area contributed by atoms with Crippen molar-refractivity contribution in [2.45, 2.75) is 57.4 Å². The molecular weight excluding hydrogens is 286 g/mol. The number of ether oxygens (including phenoxy) is 1. The average molecular weight is 315 g/mol. The maximum Gasteiger partial charge on any atom is 0.313 e. The summed E-state index contributed by atoms with van der Waals surface area (Å²) in [5.74, 6) is 0.352. The van der Waals surface area contributed by atoms with E-state index in [-0.39, 0.29) is 11.9 Å². The minimum Gasteiger partial charge on any atom is -0.464 e. The summed E-state index contributed by atoms with van der Waals surface area (Å²) in [7, 11) is 0. The lowest BCUT2D eigenvalue weighted by atomic mass is 9.85. The Labute approximate surface area is 140 Å². The molecule has 126 valence electrons. The van der Waals surface area contributed by atoms with Gasteiger partial charge in [0.05, 0.1) is 5.92 Å². The van der Waals surface area contributed by atoms with Crippen LogP contribution in [0.4, 0.5) is 0 Å². The lowest BCUT2D eigenvalue weighted by molar-refractivity contribution is -0.148. The maximum absolute atomic E-state index is 12.8. The average Bonchev–Trinajstić information content (AvgIpc) is 3.27. The molecule has 1 aliphatic heterocycles. The molecule has 2 fully saturated rings. The smallest absolute Gasteiger partial charge is 0.313 e. The second-order valence-corrected chi connectivity index (χ2v) is 7.16. The van der Waals surface area contributed by atoms with E-state index in [0.29, 0.717) is 18.6 Å². The fourth-order valence-electron chi connectivity index (χ4n) is 4.13. The molecule has 1 saturated heterocycles. The quantitative estimate of drug-likeness (QED) is 0.744.